The molecular formula is C20H40O5S10. The van der Waals surface area contributed by atoms with Gasteiger partial charge in [-0.05, 0) is 18.6 Å². The van der Waals surface area contributed by atoms with E-state index < -0.39 is 11.2 Å². The molecule has 1 N–H and O–H groups in total. The lowest BCUT2D eigenvalue weighted by Crippen LogP contribution is -2.12. The monoisotopic (exact) mass is 680 g/mol. The van der Waals surface area contributed by atoms with Crippen molar-refractivity contribution >= 4 is 122 Å². The van der Waals surface area contributed by atoms with Gasteiger partial charge in [-0.1, -0.05) is 29.9 Å². The summed E-state index contributed by atoms with van der Waals surface area (Å²) in [4.78, 5) is 22.1. The topological polar surface area (TPSA) is 78.8 Å². The minimum Gasteiger partial charge on any atom is -0.616 e. The number of hydrogen-bond donors (Lipinski definition) is 1. The standard InChI is InChI=1S/C20H40O5S10/c1-2-11-35(23)12-10-29-18-33-17-28-8-9-34-20(22)4-7-27-16-32-15-26-6-3-5-24-25-14-31-19-30-13-21/h21H,2-19H2,1H3. The Morgan fingerprint density at radius 3 is 2.14 bits per heavy atom. The van der Waals surface area contributed by atoms with Gasteiger partial charge in [0, 0.05) is 54.9 Å². The van der Waals surface area contributed by atoms with Crippen LogP contribution < -0.4 is 0 Å². The molecule has 0 aliphatic carbocycles. The Hall–Kier alpha value is 3.01. The molecule has 210 valence electrons. The van der Waals surface area contributed by atoms with E-state index in [0.717, 1.165) is 78.5 Å². The van der Waals surface area contributed by atoms with Crippen molar-refractivity contribution in [1.82, 2.24) is 0 Å². The Morgan fingerprint density at radius 1 is 0.771 bits per heavy atom. The van der Waals surface area contributed by atoms with E-state index in [1.165, 1.54) is 23.5 Å². The predicted molar refractivity (Wildman–Crippen MR) is 178 cm³/mol. The fraction of sp³-hybridized carbons (Fsp3) is 0.950. The number of thioether (sulfide) groups is 9. The molecule has 0 heterocycles. The second kappa shape index (κ2) is 33.2. The summed E-state index contributed by atoms with van der Waals surface area (Å²) in [5.41, 5.74) is 0. The van der Waals surface area contributed by atoms with E-state index in [0.29, 0.717) is 24.1 Å². The van der Waals surface area contributed by atoms with Crippen molar-refractivity contribution in [3.63, 3.8) is 0 Å². The zero-order chi connectivity index (χ0) is 25.7. The molecule has 0 aromatic heterocycles. The molecule has 0 aliphatic heterocycles. The van der Waals surface area contributed by atoms with E-state index in [2.05, 4.69) is 6.92 Å². The van der Waals surface area contributed by atoms with Gasteiger partial charge in [0.2, 0.25) is 0 Å². The SMILES string of the molecule is CCC[S+]([O-])CCSCSCSCCSC(=O)CCSCSCSCCCOOCSCSCO. The lowest BCUT2D eigenvalue weighted by Gasteiger charge is -2.09. The second-order valence-electron chi connectivity index (χ2n) is 6.40. The Morgan fingerprint density at radius 2 is 1.43 bits per heavy atom. The van der Waals surface area contributed by atoms with Crippen molar-refractivity contribution in [1.29, 1.82) is 0 Å². The zero-order valence-electron chi connectivity index (χ0n) is 20.4. The summed E-state index contributed by atoms with van der Waals surface area (Å²) in [6.07, 6.45) is 2.63. The smallest absolute Gasteiger partial charge is 0.189 e. The van der Waals surface area contributed by atoms with Crippen LogP contribution in [0.5, 0.6) is 0 Å². The highest BCUT2D eigenvalue weighted by atomic mass is 32.2. The van der Waals surface area contributed by atoms with Crippen LogP contribution in [0.3, 0.4) is 0 Å². The average Bonchev–Trinajstić information content (AvgIpc) is 2.85. The van der Waals surface area contributed by atoms with Crippen molar-refractivity contribution in [2.75, 3.05) is 84.2 Å². The first-order chi connectivity index (χ1) is 17.2. The number of aliphatic hydroxyl groups excluding tert-OH is 1. The van der Waals surface area contributed by atoms with Gasteiger partial charge in [0.05, 0.1) is 12.5 Å². The van der Waals surface area contributed by atoms with E-state index >= 15 is 0 Å². The molecule has 0 saturated carbocycles. The fourth-order valence-corrected chi connectivity index (χ4v) is 12.6. The summed E-state index contributed by atoms with van der Waals surface area (Å²) in [6.45, 7) is 2.69. The van der Waals surface area contributed by atoms with Crippen LogP contribution in [-0.2, 0) is 25.7 Å². The molecule has 0 amide bonds. The van der Waals surface area contributed by atoms with Crippen LogP contribution in [0.2, 0.25) is 0 Å². The summed E-state index contributed by atoms with van der Waals surface area (Å²) in [5.74, 6) is 7.17. The van der Waals surface area contributed by atoms with Crippen LogP contribution >= 0.6 is 106 Å². The van der Waals surface area contributed by atoms with Crippen LogP contribution in [0.1, 0.15) is 26.2 Å². The van der Waals surface area contributed by atoms with Crippen LogP contribution in [0.25, 0.3) is 0 Å². The van der Waals surface area contributed by atoms with E-state index in [4.69, 9.17) is 14.9 Å². The molecule has 0 spiro atoms. The van der Waals surface area contributed by atoms with Crippen molar-refractivity contribution in [3.05, 3.63) is 0 Å². The molecule has 1 atom stereocenters. The maximum Gasteiger partial charge on any atom is 0.189 e. The summed E-state index contributed by atoms with van der Waals surface area (Å²) < 4.78 is 11.6. The third-order valence-electron chi connectivity index (χ3n) is 3.48. The van der Waals surface area contributed by atoms with Crippen molar-refractivity contribution in [3.8, 4) is 0 Å². The number of carbonyl (C=O) groups is 1. The first kappa shape index (κ1) is 38.0. The van der Waals surface area contributed by atoms with Crippen molar-refractivity contribution in [2.45, 2.75) is 26.2 Å². The number of rotatable bonds is 29. The van der Waals surface area contributed by atoms with E-state index in [1.807, 2.05) is 70.6 Å². The molecule has 0 radical (unpaired) electrons. The van der Waals surface area contributed by atoms with E-state index in [1.54, 1.807) is 11.8 Å². The first-order valence-electron chi connectivity index (χ1n) is 11.2. The average molecular weight is 681 g/mol. The van der Waals surface area contributed by atoms with Crippen LogP contribution in [0, 0.1) is 0 Å². The minimum absolute atomic E-state index is 0.144. The summed E-state index contributed by atoms with van der Waals surface area (Å²) >= 11 is 15.2. The molecule has 15 heteroatoms. The lowest BCUT2D eigenvalue weighted by molar-refractivity contribution is -0.278. The Bertz CT molecular complexity index is 443. The van der Waals surface area contributed by atoms with Crippen molar-refractivity contribution in [2.24, 2.45) is 0 Å². The maximum absolute atomic E-state index is 12.0. The zero-order valence-corrected chi connectivity index (χ0v) is 28.6. The molecule has 0 rings (SSSR count). The van der Waals surface area contributed by atoms with Gasteiger partial charge in [-0.2, -0.15) is 35.3 Å². The Labute approximate surface area is 254 Å². The molecule has 0 aromatic carbocycles. The molecular weight excluding hydrogens is 641 g/mol. The highest BCUT2D eigenvalue weighted by molar-refractivity contribution is 8.23. The molecule has 35 heavy (non-hydrogen) atoms. The van der Waals surface area contributed by atoms with Gasteiger partial charge >= 0.3 is 0 Å². The predicted octanol–water partition coefficient (Wildman–Crippen LogP) is 6.69. The van der Waals surface area contributed by atoms with Crippen LogP contribution in [-0.4, -0.2) is 99.0 Å². The van der Waals surface area contributed by atoms with Gasteiger partial charge in [0.25, 0.3) is 0 Å². The van der Waals surface area contributed by atoms with Crippen LogP contribution in [0.4, 0.5) is 0 Å². The molecule has 0 aliphatic rings. The van der Waals surface area contributed by atoms with Gasteiger partial charge < -0.3 is 9.66 Å². The third-order valence-corrected chi connectivity index (χ3v) is 15.6. The number of aliphatic hydroxyl groups is 1. The molecule has 5 nitrogen and oxygen atoms in total. The Kier molecular flexibility index (Phi) is 36.1. The minimum atomic E-state index is -0.631. The summed E-state index contributed by atoms with van der Waals surface area (Å²) in [7, 11) is 0. The van der Waals surface area contributed by atoms with E-state index in [-0.39, 0.29) is 5.94 Å². The Balaban J connectivity index is 3.17. The quantitative estimate of drug-likeness (QED) is 0.0300. The molecule has 1 unspecified atom stereocenters. The van der Waals surface area contributed by atoms with Gasteiger partial charge in [0.1, 0.15) is 17.4 Å². The van der Waals surface area contributed by atoms with Gasteiger partial charge in [-0.15, -0.1) is 58.8 Å². The largest absolute Gasteiger partial charge is 0.616 e. The summed E-state index contributed by atoms with van der Waals surface area (Å²) in [6, 6.07) is 0. The second-order valence-corrected chi connectivity index (χ2v) is 19.4. The van der Waals surface area contributed by atoms with Gasteiger partial charge in [-0.3, -0.25) is 4.79 Å². The highest BCUT2D eigenvalue weighted by Gasteiger charge is 2.05. The fourth-order valence-electron chi connectivity index (χ4n) is 1.94. The molecule has 0 bridgehead atoms. The lowest BCUT2D eigenvalue weighted by atomic mass is 10.5. The normalized spacial score (nSPS) is 12.3. The van der Waals surface area contributed by atoms with Crippen LogP contribution in [0.15, 0.2) is 0 Å². The highest BCUT2D eigenvalue weighted by Crippen LogP contribution is 2.21. The molecule has 0 fully saturated rings. The molecule has 0 saturated heterocycles. The molecule has 0 aromatic rings. The third kappa shape index (κ3) is 33.1. The number of hydrogen-bond acceptors (Lipinski definition) is 14. The number of carbonyl (C=O) groups excluding carboxylic acids is 1. The van der Waals surface area contributed by atoms with Gasteiger partial charge in [0.15, 0.2) is 5.12 Å². The van der Waals surface area contributed by atoms with Crippen molar-refractivity contribution < 1.29 is 24.2 Å². The maximum atomic E-state index is 12.0. The summed E-state index contributed by atoms with van der Waals surface area (Å²) in [5, 5.41) is 14.0. The van der Waals surface area contributed by atoms with Gasteiger partial charge in [-0.25, -0.2) is 9.78 Å². The first-order valence-corrected chi connectivity index (χ1v) is 22.9. The van der Waals surface area contributed by atoms with E-state index in [9.17, 15) is 9.35 Å².